The van der Waals surface area contributed by atoms with E-state index >= 15 is 0 Å². The number of rotatable bonds is 4. The third kappa shape index (κ3) is 3.39. The minimum absolute atomic E-state index is 0.114. The Morgan fingerprint density at radius 3 is 2.15 bits per heavy atom. The van der Waals surface area contributed by atoms with Crippen molar-refractivity contribution in [1.29, 1.82) is 0 Å². The number of carbonyl (C=O) groups is 1. The molecule has 0 N–H and O–H groups in total. The molecule has 0 aliphatic heterocycles. The quantitative estimate of drug-likeness (QED) is 0.642. The zero-order valence-electron chi connectivity index (χ0n) is 10.4. The van der Waals surface area contributed by atoms with Gasteiger partial charge in [0, 0.05) is 11.0 Å². The first-order valence-corrected chi connectivity index (χ1v) is 7.32. The Hall–Kier alpha value is -2.27. The number of benzene rings is 2. The van der Waals surface area contributed by atoms with E-state index < -0.39 is 21.4 Å². The lowest BCUT2D eigenvalue weighted by Crippen LogP contribution is -1.99. The molecule has 0 heterocycles. The van der Waals surface area contributed by atoms with Gasteiger partial charge >= 0.3 is 0 Å². The molecule has 0 bridgehead atoms. The van der Waals surface area contributed by atoms with Crippen LogP contribution < -0.4 is 0 Å². The van der Waals surface area contributed by atoms with E-state index in [1.54, 1.807) is 18.2 Å². The van der Waals surface area contributed by atoms with Gasteiger partial charge in [-0.2, -0.15) is 0 Å². The van der Waals surface area contributed by atoms with Crippen molar-refractivity contribution >= 4 is 15.6 Å². The van der Waals surface area contributed by atoms with Crippen molar-refractivity contribution in [1.82, 2.24) is 0 Å². The Morgan fingerprint density at radius 1 is 0.950 bits per heavy atom. The third-order valence-corrected chi connectivity index (χ3v) is 4.02. The Morgan fingerprint density at radius 2 is 1.55 bits per heavy atom. The van der Waals surface area contributed by atoms with Crippen molar-refractivity contribution in [3.8, 4) is 0 Å². The van der Waals surface area contributed by atoms with E-state index in [-0.39, 0.29) is 10.5 Å². The van der Waals surface area contributed by atoms with Crippen LogP contribution in [0.2, 0.25) is 0 Å². The molecule has 0 saturated carbocycles. The number of hydrogen-bond donors (Lipinski definition) is 0. The van der Waals surface area contributed by atoms with Crippen LogP contribution in [0, 0.1) is 5.82 Å². The van der Waals surface area contributed by atoms with Crippen molar-refractivity contribution in [3.63, 3.8) is 0 Å². The lowest BCUT2D eigenvalue weighted by molar-refractivity contribution is 0.104. The van der Waals surface area contributed by atoms with Gasteiger partial charge in [-0.25, -0.2) is 12.8 Å². The lowest BCUT2D eigenvalue weighted by Gasteiger charge is -1.98. The Bertz CT molecular complexity index is 732. The summed E-state index contributed by atoms with van der Waals surface area (Å²) in [6.07, 6.45) is 0.968. The van der Waals surface area contributed by atoms with Gasteiger partial charge < -0.3 is 0 Å². The second kappa shape index (κ2) is 5.79. The van der Waals surface area contributed by atoms with E-state index in [0.29, 0.717) is 0 Å². The molecule has 102 valence electrons. The zero-order valence-corrected chi connectivity index (χ0v) is 11.2. The molecule has 0 atom stereocenters. The SMILES string of the molecule is O=C(/C=C/S(=O)(=O)c1ccccc1)c1ccc(F)cc1. The number of ketones is 1. The zero-order chi connectivity index (χ0) is 14.6. The molecule has 20 heavy (non-hydrogen) atoms. The van der Waals surface area contributed by atoms with Crippen LogP contribution in [0.3, 0.4) is 0 Å². The van der Waals surface area contributed by atoms with Gasteiger partial charge in [-0.05, 0) is 42.5 Å². The van der Waals surface area contributed by atoms with Crippen LogP contribution >= 0.6 is 0 Å². The molecule has 0 aliphatic rings. The molecule has 5 heteroatoms. The summed E-state index contributed by atoms with van der Waals surface area (Å²) in [5.41, 5.74) is 0.228. The molecule has 0 aromatic heterocycles. The topological polar surface area (TPSA) is 51.2 Å². The Labute approximate surface area is 116 Å². The first kappa shape index (κ1) is 14.1. The molecular formula is C15H11FO3S. The fourth-order valence-corrected chi connectivity index (χ4v) is 2.55. The van der Waals surface area contributed by atoms with E-state index in [1.165, 1.54) is 24.3 Å². The van der Waals surface area contributed by atoms with Crippen molar-refractivity contribution in [2.45, 2.75) is 4.90 Å². The van der Waals surface area contributed by atoms with Crippen molar-refractivity contribution in [2.75, 3.05) is 0 Å². The van der Waals surface area contributed by atoms with Crippen LogP contribution in [-0.2, 0) is 9.84 Å². The van der Waals surface area contributed by atoms with Crippen LogP contribution in [0.1, 0.15) is 10.4 Å². The largest absolute Gasteiger partial charge is 0.289 e. The van der Waals surface area contributed by atoms with Gasteiger partial charge in [0.1, 0.15) is 5.82 Å². The number of sulfone groups is 1. The number of carbonyl (C=O) groups excluding carboxylic acids is 1. The van der Waals surface area contributed by atoms with E-state index in [0.717, 1.165) is 23.6 Å². The highest BCUT2D eigenvalue weighted by Gasteiger charge is 2.10. The summed E-state index contributed by atoms with van der Waals surface area (Å²) >= 11 is 0. The minimum atomic E-state index is -3.65. The average molecular weight is 290 g/mol. The molecule has 0 unspecified atom stereocenters. The van der Waals surface area contributed by atoms with Crippen molar-refractivity contribution < 1.29 is 17.6 Å². The van der Waals surface area contributed by atoms with E-state index in [2.05, 4.69) is 0 Å². The predicted molar refractivity (Wildman–Crippen MR) is 73.5 cm³/mol. The molecule has 2 aromatic rings. The minimum Gasteiger partial charge on any atom is -0.289 e. The first-order valence-electron chi connectivity index (χ1n) is 5.77. The maximum atomic E-state index is 12.7. The lowest BCUT2D eigenvalue weighted by atomic mass is 10.1. The second-order valence-corrected chi connectivity index (χ2v) is 5.87. The van der Waals surface area contributed by atoms with Gasteiger partial charge in [0.25, 0.3) is 0 Å². The molecular weight excluding hydrogens is 279 g/mol. The molecule has 0 spiro atoms. The molecule has 3 nitrogen and oxygen atoms in total. The van der Waals surface area contributed by atoms with Crippen LogP contribution in [0.4, 0.5) is 4.39 Å². The maximum Gasteiger partial charge on any atom is 0.199 e. The smallest absolute Gasteiger partial charge is 0.199 e. The molecule has 0 saturated heterocycles. The maximum absolute atomic E-state index is 12.7. The van der Waals surface area contributed by atoms with Gasteiger partial charge in [0.05, 0.1) is 4.90 Å². The number of hydrogen-bond acceptors (Lipinski definition) is 3. The summed E-state index contributed by atoms with van der Waals surface area (Å²) in [4.78, 5) is 11.9. The summed E-state index contributed by atoms with van der Waals surface area (Å²) < 4.78 is 36.6. The fourth-order valence-electron chi connectivity index (χ4n) is 1.55. The van der Waals surface area contributed by atoms with Gasteiger partial charge in [-0.3, -0.25) is 4.79 Å². The van der Waals surface area contributed by atoms with Crippen LogP contribution in [0.5, 0.6) is 0 Å². The molecule has 0 amide bonds. The summed E-state index contributed by atoms with van der Waals surface area (Å²) in [7, 11) is -3.65. The standard InChI is InChI=1S/C15H11FO3S/c16-13-8-6-12(7-9-13)15(17)10-11-20(18,19)14-4-2-1-3-5-14/h1-11H/b11-10+. The summed E-state index contributed by atoms with van der Waals surface area (Å²) in [5, 5.41) is 0.855. The fraction of sp³-hybridized carbons (Fsp3) is 0. The van der Waals surface area contributed by atoms with E-state index in [4.69, 9.17) is 0 Å². The van der Waals surface area contributed by atoms with E-state index in [1.807, 2.05) is 0 Å². The molecule has 0 radical (unpaired) electrons. The normalized spacial score (nSPS) is 11.7. The van der Waals surface area contributed by atoms with Gasteiger partial charge in [-0.1, -0.05) is 18.2 Å². The molecule has 0 fully saturated rings. The van der Waals surface area contributed by atoms with Crippen LogP contribution in [0.25, 0.3) is 0 Å². The second-order valence-electron chi connectivity index (χ2n) is 4.03. The number of halogens is 1. The highest BCUT2D eigenvalue weighted by molar-refractivity contribution is 7.94. The number of allylic oxidation sites excluding steroid dienone is 1. The summed E-state index contributed by atoms with van der Waals surface area (Å²) in [5.74, 6) is -0.952. The van der Waals surface area contributed by atoms with Crippen LogP contribution in [-0.4, -0.2) is 14.2 Å². The summed E-state index contributed by atoms with van der Waals surface area (Å²) in [6, 6.07) is 12.7. The molecule has 2 rings (SSSR count). The molecule has 0 aliphatic carbocycles. The van der Waals surface area contributed by atoms with Gasteiger partial charge in [0.2, 0.25) is 0 Å². The highest BCUT2D eigenvalue weighted by Crippen LogP contribution is 2.12. The first-order chi connectivity index (χ1) is 9.49. The predicted octanol–water partition coefficient (Wildman–Crippen LogP) is 3.00. The molecule has 2 aromatic carbocycles. The van der Waals surface area contributed by atoms with Crippen molar-refractivity contribution in [3.05, 3.63) is 77.5 Å². The monoisotopic (exact) mass is 290 g/mol. The Balaban J connectivity index is 2.21. The Kier molecular flexibility index (Phi) is 4.10. The highest BCUT2D eigenvalue weighted by atomic mass is 32.2. The van der Waals surface area contributed by atoms with Gasteiger partial charge in [0.15, 0.2) is 15.6 Å². The van der Waals surface area contributed by atoms with Crippen molar-refractivity contribution in [2.24, 2.45) is 0 Å². The van der Waals surface area contributed by atoms with Crippen LogP contribution in [0.15, 0.2) is 71.0 Å². The third-order valence-electron chi connectivity index (χ3n) is 2.60. The van der Waals surface area contributed by atoms with E-state index in [9.17, 15) is 17.6 Å². The van der Waals surface area contributed by atoms with Gasteiger partial charge in [-0.15, -0.1) is 0 Å². The summed E-state index contributed by atoms with van der Waals surface area (Å²) in [6.45, 7) is 0. The average Bonchev–Trinajstić information content (AvgIpc) is 2.46.